The van der Waals surface area contributed by atoms with Crippen LogP contribution in [0.2, 0.25) is 0 Å². The fourth-order valence-corrected chi connectivity index (χ4v) is 3.38. The molecule has 3 heterocycles. The van der Waals surface area contributed by atoms with Crippen LogP contribution in [0.4, 0.5) is 8.78 Å². The number of hydrogen-bond donors (Lipinski definition) is 1. The quantitative estimate of drug-likeness (QED) is 0.416. The Morgan fingerprint density at radius 2 is 1.76 bits per heavy atom. The largest absolute Gasteiger partial charge is 0.441 e. The number of benzene rings is 2. The van der Waals surface area contributed by atoms with Crippen molar-refractivity contribution in [1.82, 2.24) is 24.6 Å². The van der Waals surface area contributed by atoms with Gasteiger partial charge in [0.2, 0.25) is 6.41 Å². The van der Waals surface area contributed by atoms with Gasteiger partial charge < -0.3 is 10.2 Å². The molecule has 0 aliphatic carbocycles. The molecule has 5 aromatic rings. The van der Waals surface area contributed by atoms with Gasteiger partial charge in [0.1, 0.15) is 11.6 Å². The van der Waals surface area contributed by atoms with Gasteiger partial charge in [-0.2, -0.15) is 4.98 Å². The van der Waals surface area contributed by atoms with Crippen LogP contribution in [0.15, 0.2) is 59.3 Å². The molecule has 33 heavy (non-hydrogen) atoms. The molecule has 166 valence electrons. The monoisotopic (exact) mass is 448 g/mol. The molecule has 0 saturated heterocycles. The SMILES string of the molecule is Cc1nc(C)c(-c2ccc(F)c(-c3nc4ncc(-c5ccccc5)cn4n3)c2F)o1.NC=O. The van der Waals surface area contributed by atoms with E-state index in [0.29, 0.717) is 11.6 Å². The Morgan fingerprint density at radius 1 is 1.03 bits per heavy atom. The smallest absolute Gasteiger partial charge is 0.252 e. The lowest BCUT2D eigenvalue weighted by Gasteiger charge is -2.05. The average molecular weight is 448 g/mol. The number of rotatable bonds is 3. The van der Waals surface area contributed by atoms with Crippen molar-refractivity contribution in [2.45, 2.75) is 13.8 Å². The summed E-state index contributed by atoms with van der Waals surface area (Å²) in [6.07, 6.45) is 3.62. The highest BCUT2D eigenvalue weighted by Gasteiger charge is 2.23. The van der Waals surface area contributed by atoms with E-state index in [2.05, 4.69) is 25.8 Å². The number of primary amides is 1. The molecule has 0 bridgehead atoms. The van der Waals surface area contributed by atoms with Gasteiger partial charge in [-0.25, -0.2) is 23.3 Å². The van der Waals surface area contributed by atoms with Gasteiger partial charge in [0.25, 0.3) is 5.78 Å². The summed E-state index contributed by atoms with van der Waals surface area (Å²) in [5.74, 6) is -0.799. The van der Waals surface area contributed by atoms with Crippen molar-refractivity contribution in [3.05, 3.63) is 78.1 Å². The van der Waals surface area contributed by atoms with E-state index in [1.807, 2.05) is 30.3 Å². The van der Waals surface area contributed by atoms with E-state index in [1.165, 1.54) is 16.6 Å². The van der Waals surface area contributed by atoms with Crippen LogP contribution in [0.25, 0.3) is 39.6 Å². The summed E-state index contributed by atoms with van der Waals surface area (Å²) in [5, 5.41) is 4.27. The van der Waals surface area contributed by atoms with E-state index in [4.69, 9.17) is 9.21 Å². The molecule has 0 unspecified atom stereocenters. The van der Waals surface area contributed by atoms with Gasteiger partial charge >= 0.3 is 0 Å². The highest BCUT2D eigenvalue weighted by Crippen LogP contribution is 2.34. The average Bonchev–Trinajstić information content (AvgIpc) is 3.36. The molecule has 3 aromatic heterocycles. The lowest BCUT2D eigenvalue weighted by atomic mass is 10.1. The zero-order chi connectivity index (χ0) is 23.5. The Bertz CT molecular complexity index is 1450. The summed E-state index contributed by atoms with van der Waals surface area (Å²) in [6.45, 7) is 3.37. The van der Waals surface area contributed by atoms with Gasteiger partial charge in [-0.15, -0.1) is 5.10 Å². The van der Waals surface area contributed by atoms with Crippen LogP contribution < -0.4 is 5.73 Å². The van der Waals surface area contributed by atoms with Crippen molar-refractivity contribution in [2.24, 2.45) is 5.73 Å². The minimum absolute atomic E-state index is 0.0984. The van der Waals surface area contributed by atoms with Gasteiger partial charge in [0.15, 0.2) is 17.5 Å². The van der Waals surface area contributed by atoms with Gasteiger partial charge in [-0.1, -0.05) is 30.3 Å². The second kappa shape index (κ2) is 8.95. The summed E-state index contributed by atoms with van der Waals surface area (Å²) >= 11 is 0. The number of fused-ring (bicyclic) bond motifs is 1. The standard InChI is InChI=1S/C22H15F2N5O.CH3NO/c1-12-20(30-13(2)26-12)16-8-9-17(23)18(19(16)24)21-27-22-25-10-15(11-29(22)28-21)14-6-4-3-5-7-14;2-1-3/h3-11H,1-2H3;1H,(H2,2,3). The van der Waals surface area contributed by atoms with Crippen LogP contribution >= 0.6 is 0 Å². The lowest BCUT2D eigenvalue weighted by Crippen LogP contribution is -1.96. The fourth-order valence-electron chi connectivity index (χ4n) is 3.38. The molecule has 0 spiro atoms. The van der Waals surface area contributed by atoms with Crippen LogP contribution in [0, 0.1) is 25.5 Å². The van der Waals surface area contributed by atoms with Crippen LogP contribution in [0.5, 0.6) is 0 Å². The van der Waals surface area contributed by atoms with Crippen molar-refractivity contribution in [1.29, 1.82) is 0 Å². The molecule has 0 aliphatic rings. The van der Waals surface area contributed by atoms with Gasteiger partial charge in [-0.3, -0.25) is 4.79 Å². The summed E-state index contributed by atoms with van der Waals surface area (Å²) in [5.41, 5.74) is 6.19. The van der Waals surface area contributed by atoms with Crippen molar-refractivity contribution in [2.75, 3.05) is 0 Å². The zero-order valence-electron chi connectivity index (χ0n) is 17.7. The molecule has 0 radical (unpaired) electrons. The number of oxazole rings is 1. The topological polar surface area (TPSA) is 112 Å². The van der Waals surface area contributed by atoms with Crippen molar-refractivity contribution in [3.8, 4) is 33.8 Å². The van der Waals surface area contributed by atoms with E-state index in [-0.39, 0.29) is 34.9 Å². The number of nitrogens with zero attached hydrogens (tertiary/aromatic N) is 5. The van der Waals surface area contributed by atoms with Gasteiger partial charge in [0.05, 0.1) is 16.8 Å². The molecule has 0 fully saturated rings. The summed E-state index contributed by atoms with van der Waals surface area (Å²) in [6, 6.07) is 12.1. The van der Waals surface area contributed by atoms with Gasteiger partial charge in [0, 0.05) is 24.9 Å². The molecule has 0 saturated carbocycles. The first-order valence-electron chi connectivity index (χ1n) is 9.79. The normalized spacial score (nSPS) is 10.7. The molecule has 5 rings (SSSR count). The molecular weight excluding hydrogens is 430 g/mol. The summed E-state index contributed by atoms with van der Waals surface area (Å²) < 4.78 is 36.9. The number of halogens is 2. The van der Waals surface area contributed by atoms with E-state index < -0.39 is 11.6 Å². The zero-order valence-corrected chi connectivity index (χ0v) is 17.7. The van der Waals surface area contributed by atoms with E-state index >= 15 is 4.39 Å². The first kappa shape index (κ1) is 21.8. The molecule has 2 N–H and O–H groups in total. The number of aromatic nitrogens is 5. The predicted molar refractivity (Wildman–Crippen MR) is 117 cm³/mol. The maximum absolute atomic E-state index is 15.3. The third-order valence-corrected chi connectivity index (χ3v) is 4.76. The van der Waals surface area contributed by atoms with E-state index in [0.717, 1.165) is 11.1 Å². The second-order valence-electron chi connectivity index (χ2n) is 6.96. The Hall–Kier alpha value is -4.47. The molecule has 0 atom stereocenters. The Balaban J connectivity index is 0.000000821. The first-order valence-corrected chi connectivity index (χ1v) is 9.79. The van der Waals surface area contributed by atoms with Crippen molar-refractivity contribution in [3.63, 3.8) is 0 Å². The molecule has 10 heteroatoms. The number of nitrogens with two attached hydrogens (primary N) is 1. The van der Waals surface area contributed by atoms with E-state index in [1.54, 1.807) is 26.2 Å². The Kier molecular flexibility index (Phi) is 5.90. The van der Waals surface area contributed by atoms with Crippen LogP contribution in [0.3, 0.4) is 0 Å². The molecule has 2 aromatic carbocycles. The summed E-state index contributed by atoms with van der Waals surface area (Å²) in [7, 11) is 0. The number of carbonyl (C=O) groups excluding carboxylic acids is 1. The molecular formula is C23H18F2N6O2. The Morgan fingerprint density at radius 3 is 2.42 bits per heavy atom. The van der Waals surface area contributed by atoms with Gasteiger partial charge in [-0.05, 0) is 24.6 Å². The second-order valence-corrected chi connectivity index (χ2v) is 6.96. The number of carbonyl (C=O) groups is 1. The third kappa shape index (κ3) is 4.18. The maximum atomic E-state index is 15.3. The van der Waals surface area contributed by atoms with Crippen LogP contribution in [-0.2, 0) is 4.79 Å². The first-order chi connectivity index (χ1) is 15.9. The van der Waals surface area contributed by atoms with Crippen molar-refractivity contribution < 1.29 is 18.0 Å². The third-order valence-electron chi connectivity index (χ3n) is 4.76. The van der Waals surface area contributed by atoms with Crippen molar-refractivity contribution >= 4 is 12.2 Å². The van der Waals surface area contributed by atoms with Crippen LogP contribution in [0.1, 0.15) is 11.6 Å². The number of aryl methyl sites for hydroxylation is 2. The minimum atomic E-state index is -0.812. The fraction of sp³-hybridized carbons (Fsp3) is 0.0870. The van der Waals surface area contributed by atoms with E-state index in [9.17, 15) is 4.39 Å². The molecule has 1 amide bonds. The lowest BCUT2D eigenvalue weighted by molar-refractivity contribution is -0.106. The van der Waals surface area contributed by atoms with Crippen LogP contribution in [-0.4, -0.2) is 31.0 Å². The number of hydrogen-bond acceptors (Lipinski definition) is 6. The molecule has 0 aliphatic heterocycles. The minimum Gasteiger partial charge on any atom is -0.441 e. The maximum Gasteiger partial charge on any atom is 0.252 e. The predicted octanol–water partition coefficient (Wildman–Crippen LogP) is 4.11. The highest BCUT2D eigenvalue weighted by molar-refractivity contribution is 5.71. The highest BCUT2D eigenvalue weighted by atomic mass is 19.1. The number of amides is 1. The summed E-state index contributed by atoms with van der Waals surface area (Å²) in [4.78, 5) is 21.2. The Labute approximate surface area is 186 Å². The molecule has 8 nitrogen and oxygen atoms in total.